The Balaban J connectivity index is 2.07. The molecule has 0 aliphatic carbocycles. The molecule has 4 nitrogen and oxygen atoms in total. The number of hydrogen-bond acceptors (Lipinski definition) is 2. The van der Waals surface area contributed by atoms with Gasteiger partial charge < -0.3 is 10.2 Å². The van der Waals surface area contributed by atoms with Gasteiger partial charge in [0.2, 0.25) is 11.8 Å². The highest BCUT2D eigenvalue weighted by Crippen LogP contribution is 2.27. The van der Waals surface area contributed by atoms with Crippen LogP contribution in [-0.2, 0) is 9.59 Å². The van der Waals surface area contributed by atoms with E-state index in [1.54, 1.807) is 4.90 Å². The molecule has 0 unspecified atom stereocenters. The molecule has 1 N–H and O–H groups in total. The Morgan fingerprint density at radius 2 is 1.81 bits per heavy atom. The van der Waals surface area contributed by atoms with Crippen molar-refractivity contribution in [3.8, 4) is 0 Å². The third kappa shape index (κ3) is 3.63. The summed E-state index contributed by atoms with van der Waals surface area (Å²) in [5.41, 5.74) is 2.13. The maximum absolute atomic E-state index is 12.1. The van der Waals surface area contributed by atoms with E-state index in [0.717, 1.165) is 5.69 Å². The van der Waals surface area contributed by atoms with E-state index in [1.165, 1.54) is 5.56 Å². The zero-order valence-electron chi connectivity index (χ0n) is 13.2. The SMILES string of the molecule is CC(C)NC(=O)[C@@H]1CC(=O)N(c2ccc(C(C)C)cc2)C1. The third-order valence-electron chi connectivity index (χ3n) is 3.80. The summed E-state index contributed by atoms with van der Waals surface area (Å²) in [6, 6.07) is 8.14. The van der Waals surface area contributed by atoms with Gasteiger partial charge in [-0.3, -0.25) is 9.59 Å². The predicted octanol–water partition coefficient (Wildman–Crippen LogP) is 2.69. The zero-order valence-corrected chi connectivity index (χ0v) is 13.2. The lowest BCUT2D eigenvalue weighted by Crippen LogP contribution is -2.36. The van der Waals surface area contributed by atoms with E-state index in [-0.39, 0.29) is 23.8 Å². The molecule has 1 aliphatic rings. The zero-order chi connectivity index (χ0) is 15.6. The molecule has 1 aromatic carbocycles. The van der Waals surface area contributed by atoms with Gasteiger partial charge in [-0.15, -0.1) is 0 Å². The Kier molecular flexibility index (Phi) is 4.66. The van der Waals surface area contributed by atoms with Crippen LogP contribution in [0.3, 0.4) is 0 Å². The molecule has 2 amide bonds. The van der Waals surface area contributed by atoms with E-state index in [9.17, 15) is 9.59 Å². The van der Waals surface area contributed by atoms with Crippen molar-refractivity contribution in [2.24, 2.45) is 5.92 Å². The van der Waals surface area contributed by atoms with Crippen LogP contribution in [0.2, 0.25) is 0 Å². The summed E-state index contributed by atoms with van der Waals surface area (Å²) in [4.78, 5) is 25.9. The molecule has 114 valence electrons. The molecule has 1 saturated heterocycles. The number of hydrogen-bond donors (Lipinski definition) is 1. The molecular formula is C17H24N2O2. The van der Waals surface area contributed by atoms with Crippen LogP contribution in [0.4, 0.5) is 5.69 Å². The van der Waals surface area contributed by atoms with E-state index in [2.05, 4.69) is 31.3 Å². The first-order valence-corrected chi connectivity index (χ1v) is 7.59. The minimum atomic E-state index is -0.246. The number of rotatable bonds is 4. The first kappa shape index (κ1) is 15.5. The van der Waals surface area contributed by atoms with Gasteiger partial charge in [-0.05, 0) is 37.5 Å². The van der Waals surface area contributed by atoms with E-state index >= 15 is 0 Å². The van der Waals surface area contributed by atoms with Crippen molar-refractivity contribution in [3.05, 3.63) is 29.8 Å². The molecular weight excluding hydrogens is 264 g/mol. The largest absolute Gasteiger partial charge is 0.354 e. The lowest BCUT2D eigenvalue weighted by atomic mass is 10.0. The van der Waals surface area contributed by atoms with Crippen LogP contribution in [0.5, 0.6) is 0 Å². The highest BCUT2D eigenvalue weighted by Gasteiger charge is 2.35. The number of anilines is 1. The van der Waals surface area contributed by atoms with Gasteiger partial charge in [0.25, 0.3) is 0 Å². The number of benzene rings is 1. The predicted molar refractivity (Wildman–Crippen MR) is 84.3 cm³/mol. The van der Waals surface area contributed by atoms with Gasteiger partial charge in [0.15, 0.2) is 0 Å². The maximum atomic E-state index is 12.1. The van der Waals surface area contributed by atoms with Gasteiger partial charge in [0.05, 0.1) is 5.92 Å². The second kappa shape index (κ2) is 6.29. The topological polar surface area (TPSA) is 49.4 Å². The number of amides is 2. The van der Waals surface area contributed by atoms with Crippen LogP contribution in [0, 0.1) is 5.92 Å². The smallest absolute Gasteiger partial charge is 0.227 e. The summed E-state index contributed by atoms with van der Waals surface area (Å²) in [5, 5.41) is 2.88. The van der Waals surface area contributed by atoms with E-state index in [1.807, 2.05) is 26.0 Å². The molecule has 0 spiro atoms. The Hall–Kier alpha value is -1.84. The van der Waals surface area contributed by atoms with E-state index in [4.69, 9.17) is 0 Å². The van der Waals surface area contributed by atoms with Crippen LogP contribution >= 0.6 is 0 Å². The fourth-order valence-corrected chi connectivity index (χ4v) is 2.57. The van der Waals surface area contributed by atoms with E-state index in [0.29, 0.717) is 18.9 Å². The number of nitrogens with one attached hydrogen (secondary N) is 1. The number of carbonyl (C=O) groups excluding carboxylic acids is 2. The fraction of sp³-hybridized carbons (Fsp3) is 0.529. The van der Waals surface area contributed by atoms with Crippen LogP contribution < -0.4 is 10.2 Å². The normalized spacial score (nSPS) is 18.7. The number of nitrogens with zero attached hydrogens (tertiary/aromatic N) is 1. The average Bonchev–Trinajstić information content (AvgIpc) is 2.80. The molecule has 1 atom stereocenters. The van der Waals surface area contributed by atoms with Gasteiger partial charge in [0, 0.05) is 24.7 Å². The van der Waals surface area contributed by atoms with Crippen LogP contribution in [0.1, 0.15) is 45.6 Å². The first-order valence-electron chi connectivity index (χ1n) is 7.59. The molecule has 0 saturated carbocycles. The molecule has 1 fully saturated rings. The molecule has 0 bridgehead atoms. The third-order valence-corrected chi connectivity index (χ3v) is 3.80. The van der Waals surface area contributed by atoms with Gasteiger partial charge >= 0.3 is 0 Å². The molecule has 1 heterocycles. The Morgan fingerprint density at radius 3 is 2.33 bits per heavy atom. The van der Waals surface area contributed by atoms with Gasteiger partial charge in [0.1, 0.15) is 0 Å². The molecule has 0 radical (unpaired) electrons. The lowest BCUT2D eigenvalue weighted by Gasteiger charge is -2.18. The molecule has 21 heavy (non-hydrogen) atoms. The second-order valence-electron chi connectivity index (χ2n) is 6.31. The van der Waals surface area contributed by atoms with Crippen LogP contribution in [0.25, 0.3) is 0 Å². The van der Waals surface area contributed by atoms with Gasteiger partial charge in [-0.1, -0.05) is 26.0 Å². The molecule has 2 rings (SSSR count). The standard InChI is InChI=1S/C17H24N2O2/c1-11(2)13-5-7-15(8-6-13)19-10-14(9-16(19)20)17(21)18-12(3)4/h5-8,11-12,14H,9-10H2,1-4H3,(H,18,21)/t14-/m1/s1. The van der Waals surface area contributed by atoms with Crippen molar-refractivity contribution in [2.45, 2.75) is 46.1 Å². The Morgan fingerprint density at radius 1 is 1.19 bits per heavy atom. The molecule has 4 heteroatoms. The summed E-state index contributed by atoms with van der Waals surface area (Å²) >= 11 is 0. The Bertz CT molecular complexity index is 520. The van der Waals surface area contributed by atoms with Crippen molar-refractivity contribution in [2.75, 3.05) is 11.4 Å². The molecule has 1 aromatic rings. The Labute approximate surface area is 126 Å². The summed E-state index contributed by atoms with van der Waals surface area (Å²) in [6.07, 6.45) is 0.296. The van der Waals surface area contributed by atoms with Gasteiger partial charge in [-0.25, -0.2) is 0 Å². The van der Waals surface area contributed by atoms with Crippen molar-refractivity contribution < 1.29 is 9.59 Å². The van der Waals surface area contributed by atoms with Crippen LogP contribution in [-0.4, -0.2) is 24.4 Å². The van der Waals surface area contributed by atoms with Crippen molar-refractivity contribution in [1.29, 1.82) is 0 Å². The lowest BCUT2D eigenvalue weighted by molar-refractivity contribution is -0.126. The average molecular weight is 288 g/mol. The highest BCUT2D eigenvalue weighted by atomic mass is 16.2. The van der Waals surface area contributed by atoms with Gasteiger partial charge in [-0.2, -0.15) is 0 Å². The fourth-order valence-electron chi connectivity index (χ4n) is 2.57. The van der Waals surface area contributed by atoms with E-state index < -0.39 is 0 Å². The summed E-state index contributed by atoms with van der Waals surface area (Å²) in [6.45, 7) is 8.61. The van der Waals surface area contributed by atoms with Crippen LogP contribution in [0.15, 0.2) is 24.3 Å². The summed E-state index contributed by atoms with van der Waals surface area (Å²) < 4.78 is 0. The highest BCUT2D eigenvalue weighted by molar-refractivity contribution is 6.00. The monoisotopic (exact) mass is 288 g/mol. The second-order valence-corrected chi connectivity index (χ2v) is 6.31. The quantitative estimate of drug-likeness (QED) is 0.926. The first-order chi connectivity index (χ1) is 9.88. The molecule has 0 aromatic heterocycles. The minimum absolute atomic E-state index is 0.0243. The summed E-state index contributed by atoms with van der Waals surface area (Å²) in [7, 11) is 0. The van der Waals surface area contributed by atoms with Crippen molar-refractivity contribution in [1.82, 2.24) is 5.32 Å². The maximum Gasteiger partial charge on any atom is 0.227 e. The molecule has 1 aliphatic heterocycles. The number of carbonyl (C=O) groups is 2. The minimum Gasteiger partial charge on any atom is -0.354 e. The van der Waals surface area contributed by atoms with Crippen molar-refractivity contribution in [3.63, 3.8) is 0 Å². The van der Waals surface area contributed by atoms with Crippen molar-refractivity contribution >= 4 is 17.5 Å². The summed E-state index contributed by atoms with van der Waals surface area (Å²) in [5.74, 6) is 0.221.